The summed E-state index contributed by atoms with van der Waals surface area (Å²) in [7, 11) is 0. The SMILES string of the molecule is CCNC(=NCc1ccnc(N2CCCCCC2)c1)NCc1sccc1C. The minimum Gasteiger partial charge on any atom is -0.357 e. The molecule has 0 atom stereocenters. The van der Waals surface area contributed by atoms with E-state index in [1.54, 1.807) is 11.3 Å². The Hall–Kier alpha value is -2.08. The Labute approximate surface area is 166 Å². The van der Waals surface area contributed by atoms with Crippen molar-refractivity contribution >= 4 is 23.1 Å². The molecule has 0 spiro atoms. The van der Waals surface area contributed by atoms with Crippen molar-refractivity contribution in [2.45, 2.75) is 52.6 Å². The van der Waals surface area contributed by atoms with Crippen LogP contribution in [0.3, 0.4) is 0 Å². The van der Waals surface area contributed by atoms with Gasteiger partial charge in [-0.1, -0.05) is 12.8 Å². The highest BCUT2D eigenvalue weighted by atomic mass is 32.1. The van der Waals surface area contributed by atoms with Gasteiger partial charge in [0, 0.05) is 30.7 Å². The van der Waals surface area contributed by atoms with Crippen LogP contribution < -0.4 is 15.5 Å². The zero-order chi connectivity index (χ0) is 18.9. The third-order valence-electron chi connectivity index (χ3n) is 4.89. The number of pyridine rings is 1. The van der Waals surface area contributed by atoms with Crippen LogP contribution in [0.2, 0.25) is 0 Å². The Balaban J connectivity index is 1.62. The average molecular weight is 386 g/mol. The van der Waals surface area contributed by atoms with E-state index in [0.29, 0.717) is 6.54 Å². The number of nitrogens with one attached hydrogen (secondary N) is 2. The quantitative estimate of drug-likeness (QED) is 0.581. The molecule has 1 aliphatic heterocycles. The highest BCUT2D eigenvalue weighted by Gasteiger charge is 2.11. The first-order valence-corrected chi connectivity index (χ1v) is 10.9. The van der Waals surface area contributed by atoms with Crippen molar-refractivity contribution < 1.29 is 0 Å². The van der Waals surface area contributed by atoms with Crippen molar-refractivity contribution in [1.82, 2.24) is 15.6 Å². The molecule has 146 valence electrons. The summed E-state index contributed by atoms with van der Waals surface area (Å²) < 4.78 is 0. The Morgan fingerprint density at radius 3 is 2.70 bits per heavy atom. The molecule has 2 aromatic heterocycles. The molecule has 0 amide bonds. The summed E-state index contributed by atoms with van der Waals surface area (Å²) in [6.07, 6.45) is 7.12. The molecule has 0 aromatic carbocycles. The number of aliphatic imine (C=N–C) groups is 1. The first-order valence-electron chi connectivity index (χ1n) is 10.0. The lowest BCUT2D eigenvalue weighted by Gasteiger charge is -2.21. The smallest absolute Gasteiger partial charge is 0.191 e. The molecule has 1 aliphatic rings. The second kappa shape index (κ2) is 10.3. The molecule has 6 heteroatoms. The van der Waals surface area contributed by atoms with Gasteiger partial charge < -0.3 is 15.5 Å². The Kier molecular flexibility index (Phi) is 7.51. The summed E-state index contributed by atoms with van der Waals surface area (Å²) in [6, 6.07) is 6.42. The zero-order valence-electron chi connectivity index (χ0n) is 16.5. The predicted octanol–water partition coefficient (Wildman–Crippen LogP) is 4.09. The number of aromatic nitrogens is 1. The summed E-state index contributed by atoms with van der Waals surface area (Å²) in [6.45, 7) is 8.79. The molecule has 0 bridgehead atoms. The summed E-state index contributed by atoms with van der Waals surface area (Å²) in [5, 5.41) is 8.92. The van der Waals surface area contributed by atoms with Crippen molar-refractivity contribution in [3.8, 4) is 0 Å². The number of nitrogens with zero attached hydrogens (tertiary/aromatic N) is 3. The second-order valence-electron chi connectivity index (χ2n) is 7.00. The van der Waals surface area contributed by atoms with Gasteiger partial charge in [0.1, 0.15) is 5.82 Å². The van der Waals surface area contributed by atoms with Crippen molar-refractivity contribution in [1.29, 1.82) is 0 Å². The summed E-state index contributed by atoms with van der Waals surface area (Å²) in [5.74, 6) is 1.95. The van der Waals surface area contributed by atoms with Gasteiger partial charge in [-0.15, -0.1) is 11.3 Å². The fourth-order valence-corrected chi connectivity index (χ4v) is 4.14. The van der Waals surface area contributed by atoms with Crippen molar-refractivity contribution in [2.24, 2.45) is 4.99 Å². The monoisotopic (exact) mass is 385 g/mol. The number of thiophene rings is 1. The molecule has 27 heavy (non-hydrogen) atoms. The summed E-state index contributed by atoms with van der Waals surface area (Å²) in [5.41, 5.74) is 2.54. The fraction of sp³-hybridized carbons (Fsp3) is 0.524. The molecular weight excluding hydrogens is 354 g/mol. The van der Waals surface area contributed by atoms with E-state index in [2.05, 4.69) is 57.9 Å². The Morgan fingerprint density at radius 2 is 2.00 bits per heavy atom. The van der Waals surface area contributed by atoms with Crippen molar-refractivity contribution in [3.63, 3.8) is 0 Å². The van der Waals surface area contributed by atoms with Gasteiger partial charge in [-0.25, -0.2) is 9.98 Å². The highest BCUT2D eigenvalue weighted by Crippen LogP contribution is 2.18. The normalized spacial score (nSPS) is 15.5. The van der Waals surface area contributed by atoms with Crippen LogP contribution in [0, 0.1) is 6.92 Å². The topological polar surface area (TPSA) is 52.6 Å². The van der Waals surface area contributed by atoms with Crippen molar-refractivity contribution in [3.05, 3.63) is 45.8 Å². The lowest BCUT2D eigenvalue weighted by Crippen LogP contribution is -2.36. The van der Waals surface area contributed by atoms with Gasteiger partial charge in [0.25, 0.3) is 0 Å². The van der Waals surface area contributed by atoms with Crippen LogP contribution in [0.4, 0.5) is 5.82 Å². The molecule has 1 saturated heterocycles. The Morgan fingerprint density at radius 1 is 1.19 bits per heavy atom. The van der Waals surface area contributed by atoms with E-state index < -0.39 is 0 Å². The third-order valence-corrected chi connectivity index (χ3v) is 5.91. The Bertz CT molecular complexity index is 732. The van der Waals surface area contributed by atoms with Crippen LogP contribution in [0.15, 0.2) is 34.8 Å². The molecule has 2 aromatic rings. The maximum absolute atomic E-state index is 4.77. The van der Waals surface area contributed by atoms with Gasteiger partial charge >= 0.3 is 0 Å². The largest absolute Gasteiger partial charge is 0.357 e. The molecular formula is C21H31N5S. The van der Waals surface area contributed by atoms with Crippen LogP contribution in [0.5, 0.6) is 0 Å². The third kappa shape index (κ3) is 5.96. The van der Waals surface area contributed by atoms with Gasteiger partial charge in [-0.2, -0.15) is 0 Å². The van der Waals surface area contributed by atoms with Crippen LogP contribution >= 0.6 is 11.3 Å². The van der Waals surface area contributed by atoms with Crippen LogP contribution in [0.1, 0.15) is 48.6 Å². The maximum atomic E-state index is 4.77. The molecule has 0 aliphatic carbocycles. The lowest BCUT2D eigenvalue weighted by atomic mass is 10.2. The first kappa shape index (κ1) is 19.7. The van der Waals surface area contributed by atoms with E-state index in [1.807, 2.05) is 6.20 Å². The molecule has 0 saturated carbocycles. The van der Waals surface area contributed by atoms with Gasteiger partial charge in [-0.3, -0.25) is 0 Å². The maximum Gasteiger partial charge on any atom is 0.191 e. The molecule has 0 radical (unpaired) electrons. The molecule has 1 fully saturated rings. The second-order valence-corrected chi connectivity index (χ2v) is 8.00. The molecule has 0 unspecified atom stereocenters. The van der Waals surface area contributed by atoms with Crippen LogP contribution in [-0.4, -0.2) is 30.6 Å². The molecule has 5 nitrogen and oxygen atoms in total. The van der Waals surface area contributed by atoms with E-state index in [1.165, 1.54) is 41.7 Å². The minimum atomic E-state index is 0.655. The molecule has 2 N–H and O–H groups in total. The standard InChI is InChI=1S/C21H31N5S/c1-3-22-21(25-16-19-17(2)9-13-27-19)24-15-18-8-10-23-20(14-18)26-11-6-4-5-7-12-26/h8-10,13-14H,3-7,11-12,15-16H2,1-2H3,(H2,22,24,25). The molecule has 3 rings (SSSR count). The lowest BCUT2D eigenvalue weighted by molar-refractivity contribution is 0.726. The number of hydrogen-bond donors (Lipinski definition) is 2. The number of hydrogen-bond acceptors (Lipinski definition) is 4. The fourth-order valence-electron chi connectivity index (χ4n) is 3.29. The van der Waals surface area contributed by atoms with E-state index in [-0.39, 0.29) is 0 Å². The number of aryl methyl sites for hydroxylation is 1. The number of guanidine groups is 1. The number of anilines is 1. The minimum absolute atomic E-state index is 0.655. The zero-order valence-corrected chi connectivity index (χ0v) is 17.3. The predicted molar refractivity (Wildman–Crippen MR) is 116 cm³/mol. The van der Waals surface area contributed by atoms with E-state index in [0.717, 1.165) is 38.0 Å². The van der Waals surface area contributed by atoms with Crippen molar-refractivity contribution in [2.75, 3.05) is 24.5 Å². The average Bonchev–Trinajstić information content (AvgIpc) is 2.93. The van der Waals surface area contributed by atoms with E-state index in [4.69, 9.17) is 4.99 Å². The highest BCUT2D eigenvalue weighted by molar-refractivity contribution is 7.10. The van der Waals surface area contributed by atoms with Gasteiger partial charge in [0.2, 0.25) is 0 Å². The van der Waals surface area contributed by atoms with E-state index in [9.17, 15) is 0 Å². The molecule has 3 heterocycles. The summed E-state index contributed by atoms with van der Waals surface area (Å²) in [4.78, 5) is 13.1. The van der Waals surface area contributed by atoms with Crippen LogP contribution in [-0.2, 0) is 13.1 Å². The number of rotatable bonds is 6. The summed E-state index contributed by atoms with van der Waals surface area (Å²) >= 11 is 1.78. The van der Waals surface area contributed by atoms with Gasteiger partial charge in [0.15, 0.2) is 5.96 Å². The van der Waals surface area contributed by atoms with Gasteiger partial charge in [-0.05, 0) is 61.4 Å². The van der Waals surface area contributed by atoms with E-state index >= 15 is 0 Å². The first-order chi connectivity index (χ1) is 13.3. The van der Waals surface area contributed by atoms with Crippen LogP contribution in [0.25, 0.3) is 0 Å². The van der Waals surface area contributed by atoms with Gasteiger partial charge in [0.05, 0.1) is 13.1 Å².